The zero-order valence-corrected chi connectivity index (χ0v) is 11.0. The Labute approximate surface area is 113 Å². The van der Waals surface area contributed by atoms with E-state index in [0.29, 0.717) is 0 Å². The molecule has 0 aromatic carbocycles. The van der Waals surface area contributed by atoms with Crippen LogP contribution in [0, 0.1) is 0 Å². The first kappa shape index (κ1) is 16.2. The maximum Gasteiger partial charge on any atom is 0.241 e. The molecule has 1 aliphatic heterocycles. The second-order valence-electron chi connectivity index (χ2n) is 3.73. The van der Waals surface area contributed by atoms with E-state index in [1.54, 1.807) is 24.5 Å². The van der Waals surface area contributed by atoms with Crippen molar-refractivity contribution in [1.29, 1.82) is 0 Å². The van der Waals surface area contributed by atoms with Gasteiger partial charge in [0.1, 0.15) is 0 Å². The lowest BCUT2D eigenvalue weighted by molar-refractivity contribution is -0.118. The van der Waals surface area contributed by atoms with Crippen LogP contribution in [0.1, 0.15) is 19.3 Å². The van der Waals surface area contributed by atoms with Gasteiger partial charge in [-0.1, -0.05) is 6.42 Å². The first-order chi connectivity index (χ1) is 7.36. The molecule has 1 aromatic rings. The Kier molecular flexibility index (Phi) is 7.87. The zero-order valence-electron chi connectivity index (χ0n) is 9.39. The Balaban J connectivity index is 0.00000128. The molecule has 1 aliphatic rings. The predicted octanol–water partition coefficient (Wildman–Crippen LogP) is 2.01. The number of aromatic nitrogens is 1. The van der Waals surface area contributed by atoms with Gasteiger partial charge in [-0.25, -0.2) is 0 Å². The molecular weight excluding hydrogens is 261 g/mol. The second-order valence-corrected chi connectivity index (χ2v) is 3.73. The van der Waals surface area contributed by atoms with Crippen LogP contribution < -0.4 is 10.6 Å². The van der Waals surface area contributed by atoms with E-state index in [2.05, 4.69) is 15.6 Å². The molecule has 1 fully saturated rings. The van der Waals surface area contributed by atoms with Gasteiger partial charge in [0.2, 0.25) is 5.91 Å². The third-order valence-corrected chi connectivity index (χ3v) is 2.57. The number of hydrogen-bond donors (Lipinski definition) is 2. The van der Waals surface area contributed by atoms with E-state index in [1.165, 1.54) is 6.42 Å². The van der Waals surface area contributed by atoms with Crippen molar-refractivity contribution in [3.8, 4) is 0 Å². The van der Waals surface area contributed by atoms with Gasteiger partial charge in [-0.3, -0.25) is 9.78 Å². The Morgan fingerprint density at radius 3 is 2.59 bits per heavy atom. The Bertz CT molecular complexity index is 329. The van der Waals surface area contributed by atoms with E-state index >= 15 is 0 Å². The van der Waals surface area contributed by atoms with E-state index in [4.69, 9.17) is 0 Å². The molecule has 4 nitrogen and oxygen atoms in total. The van der Waals surface area contributed by atoms with Gasteiger partial charge < -0.3 is 10.6 Å². The Morgan fingerprint density at radius 1 is 1.29 bits per heavy atom. The highest BCUT2D eigenvalue weighted by Crippen LogP contribution is 2.10. The standard InChI is InChI=1S/C11H15N3O.2ClH/c15-11(10-3-1-2-6-13-10)14-9-4-7-12-8-5-9;;/h4-5,7-8,10,13H,1-3,6H2,(H,12,14,15);2*1H/t10-;;/m0../s1. The summed E-state index contributed by atoms with van der Waals surface area (Å²) in [5, 5.41) is 6.08. The lowest BCUT2D eigenvalue weighted by Crippen LogP contribution is -2.43. The number of carbonyl (C=O) groups is 1. The summed E-state index contributed by atoms with van der Waals surface area (Å²) in [7, 11) is 0. The molecule has 17 heavy (non-hydrogen) atoms. The van der Waals surface area contributed by atoms with Gasteiger partial charge in [0.25, 0.3) is 0 Å². The molecule has 0 saturated carbocycles. The minimum Gasteiger partial charge on any atom is -0.325 e. The second kappa shape index (κ2) is 8.28. The van der Waals surface area contributed by atoms with Crippen molar-refractivity contribution in [2.45, 2.75) is 25.3 Å². The minimum atomic E-state index is -0.0353. The summed E-state index contributed by atoms with van der Waals surface area (Å²) >= 11 is 0. The highest BCUT2D eigenvalue weighted by atomic mass is 35.5. The Morgan fingerprint density at radius 2 is 2.00 bits per heavy atom. The average molecular weight is 278 g/mol. The molecule has 0 aliphatic carbocycles. The molecule has 0 bridgehead atoms. The van der Waals surface area contributed by atoms with E-state index in [9.17, 15) is 4.79 Å². The van der Waals surface area contributed by atoms with E-state index in [0.717, 1.165) is 25.1 Å². The number of halogens is 2. The predicted molar refractivity (Wildman–Crippen MR) is 73.0 cm³/mol. The number of amides is 1. The molecule has 0 spiro atoms. The molecule has 6 heteroatoms. The topological polar surface area (TPSA) is 54.0 Å². The first-order valence-corrected chi connectivity index (χ1v) is 5.30. The van der Waals surface area contributed by atoms with Crippen LogP contribution in [0.2, 0.25) is 0 Å². The number of carbonyl (C=O) groups excluding carboxylic acids is 1. The summed E-state index contributed by atoms with van der Waals surface area (Å²) in [6, 6.07) is 3.55. The summed E-state index contributed by atoms with van der Waals surface area (Å²) in [6.07, 6.45) is 6.56. The number of anilines is 1. The largest absolute Gasteiger partial charge is 0.325 e. The fourth-order valence-corrected chi connectivity index (χ4v) is 1.74. The van der Waals surface area contributed by atoms with Crippen LogP contribution >= 0.6 is 24.8 Å². The summed E-state index contributed by atoms with van der Waals surface area (Å²) in [4.78, 5) is 15.7. The molecule has 2 heterocycles. The number of piperidine rings is 1. The van der Waals surface area contributed by atoms with Gasteiger partial charge in [0, 0.05) is 18.1 Å². The van der Waals surface area contributed by atoms with Crippen molar-refractivity contribution in [2.24, 2.45) is 0 Å². The number of hydrogen-bond acceptors (Lipinski definition) is 3. The zero-order chi connectivity index (χ0) is 10.5. The maximum absolute atomic E-state index is 11.8. The Hall–Kier alpha value is -0.840. The summed E-state index contributed by atoms with van der Waals surface area (Å²) in [6.45, 7) is 0.939. The van der Waals surface area contributed by atoms with Gasteiger partial charge in [-0.05, 0) is 31.5 Å². The minimum absolute atomic E-state index is 0. The smallest absolute Gasteiger partial charge is 0.241 e. The number of rotatable bonds is 2. The van der Waals surface area contributed by atoms with E-state index in [-0.39, 0.29) is 36.8 Å². The van der Waals surface area contributed by atoms with Gasteiger partial charge >= 0.3 is 0 Å². The fourth-order valence-electron chi connectivity index (χ4n) is 1.74. The highest BCUT2D eigenvalue weighted by Gasteiger charge is 2.20. The van der Waals surface area contributed by atoms with Crippen LogP contribution in [0.5, 0.6) is 0 Å². The third kappa shape index (κ3) is 4.89. The van der Waals surface area contributed by atoms with Crippen molar-refractivity contribution >= 4 is 36.4 Å². The number of pyridine rings is 1. The lowest BCUT2D eigenvalue weighted by Gasteiger charge is -2.22. The molecule has 0 radical (unpaired) electrons. The molecular formula is C11H17Cl2N3O. The van der Waals surface area contributed by atoms with Gasteiger partial charge in [0.05, 0.1) is 6.04 Å². The number of nitrogens with zero attached hydrogens (tertiary/aromatic N) is 1. The van der Waals surface area contributed by atoms with Crippen molar-refractivity contribution in [3.63, 3.8) is 0 Å². The lowest BCUT2D eigenvalue weighted by atomic mass is 10.0. The number of nitrogens with one attached hydrogen (secondary N) is 2. The van der Waals surface area contributed by atoms with Crippen LogP contribution in [0.4, 0.5) is 5.69 Å². The molecule has 96 valence electrons. The molecule has 1 amide bonds. The van der Waals surface area contributed by atoms with Crippen LogP contribution in [-0.4, -0.2) is 23.5 Å². The van der Waals surface area contributed by atoms with Gasteiger partial charge in [-0.2, -0.15) is 0 Å². The summed E-state index contributed by atoms with van der Waals surface area (Å²) < 4.78 is 0. The molecule has 2 N–H and O–H groups in total. The quantitative estimate of drug-likeness (QED) is 0.870. The molecule has 2 rings (SSSR count). The summed E-state index contributed by atoms with van der Waals surface area (Å²) in [5.74, 6) is 0.0564. The monoisotopic (exact) mass is 277 g/mol. The van der Waals surface area contributed by atoms with E-state index < -0.39 is 0 Å². The van der Waals surface area contributed by atoms with Gasteiger partial charge in [-0.15, -0.1) is 24.8 Å². The molecule has 1 saturated heterocycles. The van der Waals surface area contributed by atoms with Crippen LogP contribution in [-0.2, 0) is 4.79 Å². The third-order valence-electron chi connectivity index (χ3n) is 2.57. The van der Waals surface area contributed by atoms with Gasteiger partial charge in [0.15, 0.2) is 0 Å². The van der Waals surface area contributed by atoms with Crippen molar-refractivity contribution < 1.29 is 4.79 Å². The molecule has 0 unspecified atom stereocenters. The van der Waals surface area contributed by atoms with Crippen molar-refractivity contribution in [2.75, 3.05) is 11.9 Å². The molecule has 1 aromatic heterocycles. The van der Waals surface area contributed by atoms with Crippen LogP contribution in [0.15, 0.2) is 24.5 Å². The van der Waals surface area contributed by atoms with Crippen LogP contribution in [0.25, 0.3) is 0 Å². The fraction of sp³-hybridized carbons (Fsp3) is 0.455. The SMILES string of the molecule is Cl.Cl.O=C(Nc1ccncc1)[C@@H]1CCCCN1. The maximum atomic E-state index is 11.8. The summed E-state index contributed by atoms with van der Waals surface area (Å²) in [5.41, 5.74) is 0.808. The average Bonchev–Trinajstić information content (AvgIpc) is 2.31. The molecule has 1 atom stereocenters. The first-order valence-electron chi connectivity index (χ1n) is 5.30. The highest BCUT2D eigenvalue weighted by molar-refractivity contribution is 5.94. The van der Waals surface area contributed by atoms with Crippen molar-refractivity contribution in [1.82, 2.24) is 10.3 Å². The van der Waals surface area contributed by atoms with E-state index in [1.807, 2.05) is 0 Å². The van der Waals surface area contributed by atoms with Crippen molar-refractivity contribution in [3.05, 3.63) is 24.5 Å². The van der Waals surface area contributed by atoms with Crippen LogP contribution in [0.3, 0.4) is 0 Å². The normalized spacial score (nSPS) is 18.5.